The van der Waals surface area contributed by atoms with Crippen molar-refractivity contribution in [1.82, 2.24) is 4.57 Å². The molecular formula is C15H19NO2. The van der Waals surface area contributed by atoms with Gasteiger partial charge in [0.05, 0.1) is 5.41 Å². The van der Waals surface area contributed by atoms with Gasteiger partial charge in [-0.2, -0.15) is 0 Å². The van der Waals surface area contributed by atoms with Gasteiger partial charge in [-0.3, -0.25) is 4.79 Å². The van der Waals surface area contributed by atoms with Crippen LogP contribution < -0.4 is 0 Å². The number of carbonyl (C=O) groups is 1. The van der Waals surface area contributed by atoms with Crippen LogP contribution in [0.4, 0.5) is 0 Å². The van der Waals surface area contributed by atoms with E-state index in [0.29, 0.717) is 6.42 Å². The van der Waals surface area contributed by atoms with Crippen LogP contribution in [-0.2, 0) is 18.3 Å². The lowest BCUT2D eigenvalue weighted by Gasteiger charge is -2.19. The van der Waals surface area contributed by atoms with Crippen molar-refractivity contribution in [2.24, 2.45) is 12.5 Å². The zero-order valence-corrected chi connectivity index (χ0v) is 11.3. The summed E-state index contributed by atoms with van der Waals surface area (Å²) in [5, 5.41) is 10.4. The van der Waals surface area contributed by atoms with Gasteiger partial charge in [-0.05, 0) is 39.0 Å². The van der Waals surface area contributed by atoms with Crippen molar-refractivity contribution in [2.45, 2.75) is 27.2 Å². The Kier molecular flexibility index (Phi) is 2.93. The van der Waals surface area contributed by atoms with Gasteiger partial charge < -0.3 is 9.67 Å². The number of rotatable bonds is 3. The molecule has 0 unspecified atom stereocenters. The normalized spacial score (nSPS) is 12.0. The molecule has 1 aromatic carbocycles. The zero-order chi connectivity index (χ0) is 13.5. The number of hydrogen-bond donors (Lipinski definition) is 1. The first-order valence-corrected chi connectivity index (χ1v) is 6.09. The van der Waals surface area contributed by atoms with E-state index < -0.39 is 11.4 Å². The van der Waals surface area contributed by atoms with E-state index in [1.165, 1.54) is 10.9 Å². The largest absolute Gasteiger partial charge is 0.481 e. The first-order chi connectivity index (χ1) is 8.31. The molecule has 96 valence electrons. The number of aryl methyl sites for hydroxylation is 2. The summed E-state index contributed by atoms with van der Waals surface area (Å²) in [7, 11) is 1.99. The highest BCUT2D eigenvalue weighted by atomic mass is 16.4. The molecule has 0 aliphatic heterocycles. The minimum atomic E-state index is -0.760. The molecule has 0 radical (unpaired) electrons. The van der Waals surface area contributed by atoms with E-state index in [9.17, 15) is 9.90 Å². The van der Waals surface area contributed by atoms with Gasteiger partial charge in [0.15, 0.2) is 0 Å². The molecule has 18 heavy (non-hydrogen) atoms. The molecule has 3 heteroatoms. The van der Waals surface area contributed by atoms with Crippen molar-refractivity contribution in [2.75, 3.05) is 0 Å². The summed E-state index contributed by atoms with van der Waals surface area (Å²) in [4.78, 5) is 11.2. The number of aromatic nitrogens is 1. The third kappa shape index (κ3) is 2.13. The van der Waals surface area contributed by atoms with E-state index >= 15 is 0 Å². The number of carboxylic acid groups (broad SMARTS) is 1. The van der Waals surface area contributed by atoms with Gasteiger partial charge in [0, 0.05) is 30.1 Å². The molecule has 1 aromatic heterocycles. The molecule has 0 saturated heterocycles. The van der Waals surface area contributed by atoms with Gasteiger partial charge in [-0.1, -0.05) is 11.6 Å². The van der Waals surface area contributed by atoms with E-state index in [4.69, 9.17) is 0 Å². The van der Waals surface area contributed by atoms with Crippen LogP contribution in [0, 0.1) is 12.3 Å². The third-order valence-corrected chi connectivity index (χ3v) is 3.50. The lowest BCUT2D eigenvalue weighted by molar-refractivity contribution is -0.146. The minimum absolute atomic E-state index is 0.534. The van der Waals surface area contributed by atoms with Crippen molar-refractivity contribution >= 4 is 16.9 Å². The number of aliphatic carboxylic acids is 1. The molecule has 1 heterocycles. The Hall–Kier alpha value is -1.77. The fourth-order valence-corrected chi connectivity index (χ4v) is 2.22. The van der Waals surface area contributed by atoms with Crippen molar-refractivity contribution in [3.8, 4) is 0 Å². The number of hydrogen-bond acceptors (Lipinski definition) is 1. The highest BCUT2D eigenvalue weighted by Gasteiger charge is 2.28. The minimum Gasteiger partial charge on any atom is -0.481 e. The molecule has 0 saturated carbocycles. The summed E-state index contributed by atoms with van der Waals surface area (Å²) >= 11 is 0. The Bertz CT molecular complexity index is 608. The zero-order valence-electron chi connectivity index (χ0n) is 11.3. The fraction of sp³-hybridized carbons (Fsp3) is 0.400. The van der Waals surface area contributed by atoms with Gasteiger partial charge in [0.2, 0.25) is 0 Å². The average Bonchev–Trinajstić information content (AvgIpc) is 2.54. The maximum atomic E-state index is 11.2. The Labute approximate surface area is 107 Å². The number of fused-ring (bicyclic) bond motifs is 1. The van der Waals surface area contributed by atoms with Crippen LogP contribution in [0.15, 0.2) is 24.3 Å². The smallest absolute Gasteiger partial charge is 0.309 e. The predicted molar refractivity (Wildman–Crippen MR) is 72.8 cm³/mol. The van der Waals surface area contributed by atoms with Crippen LogP contribution in [0.25, 0.3) is 10.9 Å². The molecule has 1 N–H and O–H groups in total. The van der Waals surface area contributed by atoms with Crippen molar-refractivity contribution in [3.63, 3.8) is 0 Å². The SMILES string of the molecule is Cc1ccc2c(c1)cc(CC(C)(C)C(=O)O)n2C. The van der Waals surface area contributed by atoms with Gasteiger partial charge in [0.25, 0.3) is 0 Å². The van der Waals surface area contributed by atoms with Crippen LogP contribution in [0.2, 0.25) is 0 Å². The Morgan fingerprint density at radius 3 is 2.61 bits per heavy atom. The second-order valence-electron chi connectivity index (χ2n) is 5.62. The molecule has 0 bridgehead atoms. The van der Waals surface area contributed by atoms with Crippen molar-refractivity contribution in [1.29, 1.82) is 0 Å². The van der Waals surface area contributed by atoms with Crippen LogP contribution in [-0.4, -0.2) is 15.6 Å². The maximum Gasteiger partial charge on any atom is 0.309 e. The highest BCUT2D eigenvalue weighted by molar-refractivity contribution is 5.82. The number of carboxylic acids is 1. The van der Waals surface area contributed by atoms with E-state index in [0.717, 1.165) is 11.2 Å². The third-order valence-electron chi connectivity index (χ3n) is 3.50. The van der Waals surface area contributed by atoms with E-state index in [2.05, 4.69) is 35.8 Å². The number of benzene rings is 1. The molecule has 0 spiro atoms. The topological polar surface area (TPSA) is 42.2 Å². The van der Waals surface area contributed by atoms with Crippen molar-refractivity contribution < 1.29 is 9.90 Å². The molecule has 0 fully saturated rings. The lowest BCUT2D eigenvalue weighted by atomic mass is 9.88. The van der Waals surface area contributed by atoms with E-state index in [1.54, 1.807) is 13.8 Å². The van der Waals surface area contributed by atoms with Crippen LogP contribution in [0.1, 0.15) is 25.1 Å². The summed E-state index contributed by atoms with van der Waals surface area (Å²) in [6, 6.07) is 8.38. The summed E-state index contributed by atoms with van der Waals surface area (Å²) in [6.45, 7) is 5.59. The summed E-state index contributed by atoms with van der Waals surface area (Å²) in [5.74, 6) is -0.760. The quantitative estimate of drug-likeness (QED) is 0.902. The fourth-order valence-electron chi connectivity index (χ4n) is 2.22. The van der Waals surface area contributed by atoms with E-state index in [-0.39, 0.29) is 0 Å². The molecule has 0 aliphatic rings. The Balaban J connectivity index is 2.46. The second kappa shape index (κ2) is 4.16. The first kappa shape index (κ1) is 12.7. The van der Waals surface area contributed by atoms with Crippen LogP contribution in [0.5, 0.6) is 0 Å². The summed E-state index contributed by atoms with van der Waals surface area (Å²) in [6.07, 6.45) is 0.534. The van der Waals surface area contributed by atoms with Crippen LogP contribution in [0.3, 0.4) is 0 Å². The van der Waals surface area contributed by atoms with Gasteiger partial charge in [0.1, 0.15) is 0 Å². The molecule has 2 rings (SSSR count). The highest BCUT2D eigenvalue weighted by Crippen LogP contribution is 2.27. The van der Waals surface area contributed by atoms with E-state index in [1.807, 2.05) is 7.05 Å². The Morgan fingerprint density at radius 2 is 2.00 bits per heavy atom. The summed E-state index contributed by atoms with van der Waals surface area (Å²) in [5.41, 5.74) is 2.69. The molecule has 2 aromatic rings. The molecule has 0 aliphatic carbocycles. The average molecular weight is 245 g/mol. The predicted octanol–water partition coefficient (Wildman–Crippen LogP) is 3.14. The monoisotopic (exact) mass is 245 g/mol. The van der Waals surface area contributed by atoms with Gasteiger partial charge in [-0.25, -0.2) is 0 Å². The van der Waals surface area contributed by atoms with Gasteiger partial charge in [-0.15, -0.1) is 0 Å². The molecular weight excluding hydrogens is 226 g/mol. The lowest BCUT2D eigenvalue weighted by Crippen LogP contribution is -2.27. The maximum absolute atomic E-state index is 11.2. The molecule has 0 atom stereocenters. The molecule has 3 nitrogen and oxygen atoms in total. The number of nitrogens with zero attached hydrogens (tertiary/aromatic N) is 1. The van der Waals surface area contributed by atoms with Gasteiger partial charge >= 0.3 is 5.97 Å². The van der Waals surface area contributed by atoms with Crippen molar-refractivity contribution in [3.05, 3.63) is 35.5 Å². The Morgan fingerprint density at radius 1 is 1.33 bits per heavy atom. The first-order valence-electron chi connectivity index (χ1n) is 6.09. The molecule has 0 amide bonds. The second-order valence-corrected chi connectivity index (χ2v) is 5.62. The van der Waals surface area contributed by atoms with Crippen LogP contribution >= 0.6 is 0 Å². The standard InChI is InChI=1S/C15H19NO2/c1-10-5-6-13-11(7-10)8-12(16(13)4)9-15(2,3)14(17)18/h5-8H,9H2,1-4H3,(H,17,18). The summed E-state index contributed by atoms with van der Waals surface area (Å²) < 4.78 is 2.08.